The van der Waals surface area contributed by atoms with Crippen molar-refractivity contribution in [2.45, 2.75) is 52.1 Å². The molecule has 0 bridgehead atoms. The molecule has 0 aromatic heterocycles. The standard InChI is InChI=1S/C11H18O2/c1-3-6-9(2)11(12)13-10-7-4-5-8-10/h6,10H,3-5,7-8H2,1-2H3. The molecule has 1 saturated carbocycles. The first kappa shape index (κ1) is 10.3. The molecule has 13 heavy (non-hydrogen) atoms. The van der Waals surface area contributed by atoms with Crippen LogP contribution in [0.15, 0.2) is 11.6 Å². The van der Waals surface area contributed by atoms with E-state index in [0.717, 1.165) is 24.8 Å². The van der Waals surface area contributed by atoms with E-state index in [0.29, 0.717) is 0 Å². The molecule has 74 valence electrons. The highest BCUT2D eigenvalue weighted by molar-refractivity contribution is 5.87. The molecule has 1 aliphatic carbocycles. The number of allylic oxidation sites excluding steroid dienone is 1. The van der Waals surface area contributed by atoms with Gasteiger partial charge in [0, 0.05) is 5.57 Å². The number of hydrogen-bond acceptors (Lipinski definition) is 2. The minimum atomic E-state index is -0.131. The van der Waals surface area contributed by atoms with Crippen molar-refractivity contribution >= 4 is 5.97 Å². The average molecular weight is 182 g/mol. The van der Waals surface area contributed by atoms with Crippen LogP contribution in [0.5, 0.6) is 0 Å². The molecule has 0 saturated heterocycles. The summed E-state index contributed by atoms with van der Waals surface area (Å²) in [6, 6.07) is 0. The van der Waals surface area contributed by atoms with Crippen LogP contribution in [-0.2, 0) is 9.53 Å². The van der Waals surface area contributed by atoms with Crippen molar-refractivity contribution in [1.29, 1.82) is 0 Å². The second-order valence-electron chi connectivity index (χ2n) is 3.61. The summed E-state index contributed by atoms with van der Waals surface area (Å²) in [4.78, 5) is 11.4. The zero-order chi connectivity index (χ0) is 9.68. The zero-order valence-electron chi connectivity index (χ0n) is 8.51. The van der Waals surface area contributed by atoms with E-state index < -0.39 is 0 Å². The van der Waals surface area contributed by atoms with Gasteiger partial charge in [-0.15, -0.1) is 0 Å². The van der Waals surface area contributed by atoms with Crippen LogP contribution >= 0.6 is 0 Å². The topological polar surface area (TPSA) is 26.3 Å². The molecule has 0 spiro atoms. The second kappa shape index (κ2) is 5.05. The first-order chi connectivity index (χ1) is 6.24. The number of ether oxygens (including phenoxy) is 1. The van der Waals surface area contributed by atoms with Gasteiger partial charge in [-0.2, -0.15) is 0 Å². The Balaban J connectivity index is 2.35. The van der Waals surface area contributed by atoms with Crippen LogP contribution in [0.3, 0.4) is 0 Å². The van der Waals surface area contributed by atoms with Gasteiger partial charge in [-0.3, -0.25) is 0 Å². The fraction of sp³-hybridized carbons (Fsp3) is 0.727. The van der Waals surface area contributed by atoms with Crippen LogP contribution in [0, 0.1) is 0 Å². The summed E-state index contributed by atoms with van der Waals surface area (Å²) in [5.74, 6) is -0.131. The van der Waals surface area contributed by atoms with Crippen molar-refractivity contribution in [2.24, 2.45) is 0 Å². The van der Waals surface area contributed by atoms with Gasteiger partial charge >= 0.3 is 5.97 Å². The maximum absolute atomic E-state index is 11.4. The number of hydrogen-bond donors (Lipinski definition) is 0. The lowest BCUT2D eigenvalue weighted by Crippen LogP contribution is -2.15. The molecule has 1 aliphatic rings. The minimum absolute atomic E-state index is 0.131. The van der Waals surface area contributed by atoms with Gasteiger partial charge in [0.05, 0.1) is 0 Å². The molecule has 1 fully saturated rings. The highest BCUT2D eigenvalue weighted by Crippen LogP contribution is 2.21. The van der Waals surface area contributed by atoms with E-state index in [2.05, 4.69) is 0 Å². The van der Waals surface area contributed by atoms with E-state index in [1.54, 1.807) is 0 Å². The van der Waals surface area contributed by atoms with E-state index in [-0.39, 0.29) is 12.1 Å². The molecular weight excluding hydrogens is 164 g/mol. The van der Waals surface area contributed by atoms with Crippen LogP contribution in [0.2, 0.25) is 0 Å². The maximum Gasteiger partial charge on any atom is 0.333 e. The minimum Gasteiger partial charge on any atom is -0.459 e. The summed E-state index contributed by atoms with van der Waals surface area (Å²) in [6.07, 6.45) is 7.50. The van der Waals surface area contributed by atoms with Crippen molar-refractivity contribution in [1.82, 2.24) is 0 Å². The smallest absolute Gasteiger partial charge is 0.333 e. The summed E-state index contributed by atoms with van der Waals surface area (Å²) in [5.41, 5.74) is 0.745. The molecule has 0 N–H and O–H groups in total. The molecule has 0 radical (unpaired) electrons. The SMILES string of the molecule is CCC=C(C)C(=O)OC1CCCC1. The first-order valence-electron chi connectivity index (χ1n) is 5.11. The van der Waals surface area contributed by atoms with E-state index in [9.17, 15) is 4.79 Å². The summed E-state index contributed by atoms with van der Waals surface area (Å²) < 4.78 is 5.32. The van der Waals surface area contributed by atoms with Gasteiger partial charge in [0.15, 0.2) is 0 Å². The van der Waals surface area contributed by atoms with Crippen LogP contribution in [0.25, 0.3) is 0 Å². The molecule has 0 aromatic carbocycles. The maximum atomic E-state index is 11.4. The summed E-state index contributed by atoms with van der Waals surface area (Å²) in [7, 11) is 0. The van der Waals surface area contributed by atoms with Gasteiger partial charge in [0.25, 0.3) is 0 Å². The number of carbonyl (C=O) groups is 1. The third-order valence-corrected chi connectivity index (χ3v) is 2.41. The molecule has 0 unspecified atom stereocenters. The lowest BCUT2D eigenvalue weighted by molar-refractivity contribution is -0.143. The fourth-order valence-corrected chi connectivity index (χ4v) is 1.64. The Hall–Kier alpha value is -0.790. The average Bonchev–Trinajstić information content (AvgIpc) is 2.57. The van der Waals surface area contributed by atoms with E-state index in [1.165, 1.54) is 12.8 Å². The van der Waals surface area contributed by atoms with Crippen LogP contribution in [0.4, 0.5) is 0 Å². The highest BCUT2D eigenvalue weighted by Gasteiger charge is 2.19. The quantitative estimate of drug-likeness (QED) is 0.495. The van der Waals surface area contributed by atoms with Gasteiger partial charge in [-0.1, -0.05) is 13.0 Å². The molecule has 0 amide bonds. The fourth-order valence-electron chi connectivity index (χ4n) is 1.64. The molecule has 2 heteroatoms. The van der Waals surface area contributed by atoms with Crippen molar-refractivity contribution in [2.75, 3.05) is 0 Å². The Morgan fingerprint density at radius 2 is 2.08 bits per heavy atom. The normalized spacial score (nSPS) is 19.1. The van der Waals surface area contributed by atoms with Gasteiger partial charge in [0.2, 0.25) is 0 Å². The van der Waals surface area contributed by atoms with Crippen molar-refractivity contribution in [3.63, 3.8) is 0 Å². The molecular formula is C11H18O2. The Morgan fingerprint density at radius 3 is 2.62 bits per heavy atom. The monoisotopic (exact) mass is 182 g/mol. The third-order valence-electron chi connectivity index (χ3n) is 2.41. The van der Waals surface area contributed by atoms with E-state index in [1.807, 2.05) is 19.9 Å². The lowest BCUT2D eigenvalue weighted by Gasteiger charge is -2.10. The van der Waals surface area contributed by atoms with Gasteiger partial charge in [-0.25, -0.2) is 4.79 Å². The molecule has 0 heterocycles. The summed E-state index contributed by atoms with van der Waals surface area (Å²) >= 11 is 0. The van der Waals surface area contributed by atoms with Gasteiger partial charge in [-0.05, 0) is 39.0 Å². The van der Waals surface area contributed by atoms with E-state index in [4.69, 9.17) is 4.74 Å². The molecule has 0 aliphatic heterocycles. The Kier molecular flexibility index (Phi) is 4.00. The second-order valence-corrected chi connectivity index (χ2v) is 3.61. The summed E-state index contributed by atoms with van der Waals surface area (Å²) in [5, 5.41) is 0. The van der Waals surface area contributed by atoms with Crippen LogP contribution in [-0.4, -0.2) is 12.1 Å². The van der Waals surface area contributed by atoms with Crippen molar-refractivity contribution < 1.29 is 9.53 Å². The summed E-state index contributed by atoms with van der Waals surface area (Å²) in [6.45, 7) is 3.84. The third kappa shape index (κ3) is 3.21. The molecule has 0 aromatic rings. The Bertz CT molecular complexity index is 200. The van der Waals surface area contributed by atoms with E-state index >= 15 is 0 Å². The Morgan fingerprint density at radius 1 is 1.46 bits per heavy atom. The van der Waals surface area contributed by atoms with Gasteiger partial charge < -0.3 is 4.74 Å². The zero-order valence-corrected chi connectivity index (χ0v) is 8.51. The predicted octanol–water partition coefficient (Wildman–Crippen LogP) is 2.83. The first-order valence-corrected chi connectivity index (χ1v) is 5.11. The molecule has 2 nitrogen and oxygen atoms in total. The van der Waals surface area contributed by atoms with Gasteiger partial charge in [0.1, 0.15) is 6.10 Å². The molecule has 1 rings (SSSR count). The molecule has 0 atom stereocenters. The van der Waals surface area contributed by atoms with Crippen molar-refractivity contribution in [3.05, 3.63) is 11.6 Å². The van der Waals surface area contributed by atoms with Crippen LogP contribution in [0.1, 0.15) is 46.0 Å². The van der Waals surface area contributed by atoms with Crippen LogP contribution < -0.4 is 0 Å². The number of esters is 1. The highest BCUT2D eigenvalue weighted by atomic mass is 16.5. The lowest BCUT2D eigenvalue weighted by atomic mass is 10.2. The number of carbonyl (C=O) groups excluding carboxylic acids is 1. The Labute approximate surface area is 80.0 Å². The predicted molar refractivity (Wildman–Crippen MR) is 52.4 cm³/mol. The number of rotatable bonds is 3. The van der Waals surface area contributed by atoms with Crippen molar-refractivity contribution in [3.8, 4) is 0 Å². The largest absolute Gasteiger partial charge is 0.459 e.